The number of nitrogens with one attached hydrogen (secondary N) is 1. The van der Waals surface area contributed by atoms with Crippen LogP contribution < -0.4 is 5.32 Å². The summed E-state index contributed by atoms with van der Waals surface area (Å²) in [6.07, 6.45) is 0. The Hall–Kier alpha value is -1.80. The first-order valence-corrected chi connectivity index (χ1v) is 10.2. The van der Waals surface area contributed by atoms with Gasteiger partial charge in [-0.1, -0.05) is 68.2 Å². The molecular formula is C17H19NSi. The minimum absolute atomic E-state index is 1.25. The number of aromatic amines is 1. The summed E-state index contributed by atoms with van der Waals surface area (Å²) < 4.78 is 0. The summed E-state index contributed by atoms with van der Waals surface area (Å²) in [5.41, 5.74) is 3.96. The van der Waals surface area contributed by atoms with Crippen molar-refractivity contribution in [2.75, 3.05) is 0 Å². The first kappa shape index (κ1) is 12.2. The number of benzene rings is 2. The number of aromatic nitrogens is 1. The zero-order chi connectivity index (χ0) is 13.5. The van der Waals surface area contributed by atoms with Gasteiger partial charge < -0.3 is 4.98 Å². The predicted molar refractivity (Wildman–Crippen MR) is 86.7 cm³/mol. The molecule has 0 saturated heterocycles. The summed E-state index contributed by atoms with van der Waals surface area (Å²) in [5.74, 6) is 0. The topological polar surface area (TPSA) is 15.8 Å². The van der Waals surface area contributed by atoms with Crippen molar-refractivity contribution >= 4 is 24.3 Å². The Morgan fingerprint density at radius 3 is 2.11 bits per heavy atom. The van der Waals surface area contributed by atoms with Crippen LogP contribution in [-0.4, -0.2) is 13.1 Å². The van der Waals surface area contributed by atoms with Gasteiger partial charge in [0.15, 0.2) is 0 Å². The van der Waals surface area contributed by atoms with Crippen molar-refractivity contribution in [1.82, 2.24) is 4.98 Å². The highest BCUT2D eigenvalue weighted by Gasteiger charge is 2.24. The molecule has 3 aromatic rings. The van der Waals surface area contributed by atoms with E-state index in [1.54, 1.807) is 0 Å². The molecule has 96 valence electrons. The van der Waals surface area contributed by atoms with Crippen LogP contribution in [0.4, 0.5) is 0 Å². The average molecular weight is 265 g/mol. The van der Waals surface area contributed by atoms with Crippen molar-refractivity contribution < 1.29 is 0 Å². The molecule has 0 radical (unpaired) electrons. The number of rotatable bonds is 2. The van der Waals surface area contributed by atoms with Crippen LogP contribution in [-0.2, 0) is 0 Å². The molecular weight excluding hydrogens is 246 g/mol. The predicted octanol–water partition coefficient (Wildman–Crippen LogP) is 4.38. The molecule has 2 heteroatoms. The zero-order valence-corrected chi connectivity index (χ0v) is 12.7. The standard InChI is InChI=1S/C17H19NSi/c1-19(2,3)17-16(13-9-5-4-6-10-13)14-11-7-8-12-15(14)18-17/h4-12,18H,1-3H3. The lowest BCUT2D eigenvalue weighted by molar-refractivity contribution is 1.49. The molecule has 0 aliphatic rings. The molecule has 1 nitrogen and oxygen atoms in total. The summed E-state index contributed by atoms with van der Waals surface area (Å²) in [7, 11) is -1.40. The number of hydrogen-bond donors (Lipinski definition) is 1. The second-order valence-corrected chi connectivity index (χ2v) is 11.0. The van der Waals surface area contributed by atoms with Crippen molar-refractivity contribution in [2.24, 2.45) is 0 Å². The first-order chi connectivity index (χ1) is 9.07. The highest BCUT2D eigenvalue weighted by atomic mass is 28.3. The monoisotopic (exact) mass is 265 g/mol. The quantitative estimate of drug-likeness (QED) is 0.662. The average Bonchev–Trinajstić information content (AvgIpc) is 2.79. The molecule has 0 unspecified atom stereocenters. The SMILES string of the molecule is C[Si](C)(C)c1[nH]c2ccccc2c1-c1ccccc1. The van der Waals surface area contributed by atoms with E-state index in [0.29, 0.717) is 0 Å². The van der Waals surface area contributed by atoms with Crippen LogP contribution in [0.3, 0.4) is 0 Å². The van der Waals surface area contributed by atoms with Crippen LogP contribution in [0.1, 0.15) is 0 Å². The lowest BCUT2D eigenvalue weighted by Crippen LogP contribution is -2.39. The minimum Gasteiger partial charge on any atom is -0.362 e. The van der Waals surface area contributed by atoms with E-state index in [2.05, 4.69) is 79.2 Å². The van der Waals surface area contributed by atoms with Gasteiger partial charge in [-0.25, -0.2) is 0 Å². The van der Waals surface area contributed by atoms with E-state index < -0.39 is 8.07 Å². The fraction of sp³-hybridized carbons (Fsp3) is 0.176. The summed E-state index contributed by atoms with van der Waals surface area (Å²) in [5, 5.41) is 2.78. The van der Waals surface area contributed by atoms with Crippen molar-refractivity contribution in [3.63, 3.8) is 0 Å². The normalized spacial score (nSPS) is 11.9. The van der Waals surface area contributed by atoms with Gasteiger partial charge >= 0.3 is 0 Å². The Morgan fingerprint density at radius 2 is 1.42 bits per heavy atom. The van der Waals surface area contributed by atoms with E-state index in [1.807, 2.05) is 0 Å². The molecule has 0 fully saturated rings. The van der Waals surface area contributed by atoms with Gasteiger partial charge in [0.05, 0.1) is 8.07 Å². The van der Waals surface area contributed by atoms with Crippen molar-refractivity contribution in [2.45, 2.75) is 19.6 Å². The Bertz CT molecular complexity index is 705. The molecule has 0 spiro atoms. The molecule has 1 aromatic heterocycles. The maximum atomic E-state index is 3.66. The Morgan fingerprint density at radius 1 is 0.789 bits per heavy atom. The molecule has 2 aromatic carbocycles. The van der Waals surface area contributed by atoms with Crippen molar-refractivity contribution in [3.8, 4) is 11.1 Å². The summed E-state index contributed by atoms with van der Waals surface area (Å²) in [6.45, 7) is 7.18. The molecule has 0 atom stereocenters. The Labute approximate surface area is 115 Å². The van der Waals surface area contributed by atoms with Crippen LogP contribution in [0.15, 0.2) is 54.6 Å². The van der Waals surface area contributed by atoms with Crippen LogP contribution in [0.2, 0.25) is 19.6 Å². The largest absolute Gasteiger partial charge is 0.362 e. The summed E-state index contributed by atoms with van der Waals surface area (Å²) >= 11 is 0. The molecule has 0 saturated carbocycles. The Kier molecular flexibility index (Phi) is 2.83. The lowest BCUT2D eigenvalue weighted by atomic mass is 10.1. The molecule has 0 aliphatic carbocycles. The highest BCUT2D eigenvalue weighted by Crippen LogP contribution is 2.28. The third-order valence-electron chi connectivity index (χ3n) is 3.52. The van der Waals surface area contributed by atoms with Gasteiger partial charge in [0.2, 0.25) is 0 Å². The van der Waals surface area contributed by atoms with E-state index in [-0.39, 0.29) is 0 Å². The first-order valence-electron chi connectivity index (χ1n) is 6.74. The molecule has 0 bridgehead atoms. The van der Waals surface area contributed by atoms with Crippen molar-refractivity contribution in [3.05, 3.63) is 54.6 Å². The molecule has 0 amide bonds. The van der Waals surface area contributed by atoms with Gasteiger partial charge in [-0.05, 0) is 11.6 Å². The van der Waals surface area contributed by atoms with Gasteiger partial charge in [0, 0.05) is 21.8 Å². The third kappa shape index (κ3) is 2.12. The third-order valence-corrected chi connectivity index (χ3v) is 5.39. The van der Waals surface area contributed by atoms with Crippen molar-refractivity contribution in [1.29, 1.82) is 0 Å². The van der Waals surface area contributed by atoms with Gasteiger partial charge in [-0.15, -0.1) is 0 Å². The van der Waals surface area contributed by atoms with Gasteiger partial charge in [0.25, 0.3) is 0 Å². The fourth-order valence-electron chi connectivity index (χ4n) is 2.61. The molecule has 19 heavy (non-hydrogen) atoms. The second kappa shape index (κ2) is 4.39. The number of H-pyrrole nitrogens is 1. The molecule has 3 rings (SSSR count). The lowest BCUT2D eigenvalue weighted by Gasteiger charge is -2.17. The molecule has 1 heterocycles. The number of hydrogen-bond acceptors (Lipinski definition) is 0. The van der Waals surface area contributed by atoms with E-state index in [0.717, 1.165) is 0 Å². The van der Waals surface area contributed by atoms with Crippen LogP contribution in [0.25, 0.3) is 22.0 Å². The Balaban J connectivity index is 2.38. The second-order valence-electron chi connectivity index (χ2n) is 6.04. The van der Waals surface area contributed by atoms with E-state index in [9.17, 15) is 0 Å². The number of para-hydroxylation sites is 1. The van der Waals surface area contributed by atoms with Gasteiger partial charge in [-0.3, -0.25) is 0 Å². The minimum atomic E-state index is -1.40. The fourth-order valence-corrected chi connectivity index (χ4v) is 4.15. The summed E-state index contributed by atoms with van der Waals surface area (Å²) in [6, 6.07) is 19.3. The van der Waals surface area contributed by atoms with Crippen LogP contribution in [0, 0.1) is 0 Å². The van der Waals surface area contributed by atoms with E-state index in [1.165, 1.54) is 27.3 Å². The smallest absolute Gasteiger partial charge is 0.0990 e. The summed E-state index contributed by atoms with van der Waals surface area (Å²) in [4.78, 5) is 3.66. The zero-order valence-electron chi connectivity index (χ0n) is 11.7. The van der Waals surface area contributed by atoms with E-state index >= 15 is 0 Å². The van der Waals surface area contributed by atoms with E-state index in [4.69, 9.17) is 0 Å². The van der Waals surface area contributed by atoms with Gasteiger partial charge in [0.1, 0.15) is 0 Å². The van der Waals surface area contributed by atoms with Crippen LogP contribution >= 0.6 is 0 Å². The maximum Gasteiger partial charge on any atom is 0.0990 e. The maximum absolute atomic E-state index is 3.66. The highest BCUT2D eigenvalue weighted by molar-refractivity contribution is 6.89. The number of fused-ring (bicyclic) bond motifs is 1. The molecule has 0 aliphatic heterocycles. The van der Waals surface area contributed by atoms with Crippen LogP contribution in [0.5, 0.6) is 0 Å². The van der Waals surface area contributed by atoms with Gasteiger partial charge in [-0.2, -0.15) is 0 Å². The molecule has 1 N–H and O–H groups in total.